The molecule has 22 heavy (non-hydrogen) atoms. The molecular weight excluding hydrogens is 321 g/mol. The number of hydrogen-bond donors (Lipinski definition) is 1. The lowest BCUT2D eigenvalue weighted by atomic mass is 9.86. The molecule has 5 nitrogen and oxygen atoms in total. The third kappa shape index (κ3) is 7.54. The number of nitriles is 1. The summed E-state index contributed by atoms with van der Waals surface area (Å²) >= 11 is 1.05. The molecule has 1 aliphatic carbocycles. The van der Waals surface area contributed by atoms with Gasteiger partial charge in [0.1, 0.15) is 0 Å². The zero-order valence-corrected chi connectivity index (χ0v) is 12.6. The Morgan fingerprint density at radius 3 is 2.64 bits per heavy atom. The molecule has 1 fully saturated rings. The molecule has 0 spiro atoms. The molecule has 0 aromatic rings. The van der Waals surface area contributed by atoms with Crippen molar-refractivity contribution in [3.8, 4) is 6.07 Å². The molecule has 1 unspecified atom stereocenters. The summed E-state index contributed by atoms with van der Waals surface area (Å²) in [6.45, 7) is -0.499. The highest BCUT2D eigenvalue weighted by Crippen LogP contribution is 2.33. The zero-order valence-electron chi connectivity index (χ0n) is 11.8. The minimum absolute atomic E-state index is 0.0293. The van der Waals surface area contributed by atoms with Gasteiger partial charge in [-0.15, -0.1) is 11.8 Å². The molecule has 1 aliphatic rings. The molecule has 0 aromatic carbocycles. The summed E-state index contributed by atoms with van der Waals surface area (Å²) in [5.74, 6) is -1.19. The van der Waals surface area contributed by atoms with E-state index >= 15 is 0 Å². The Balaban J connectivity index is 2.35. The number of halogens is 3. The summed E-state index contributed by atoms with van der Waals surface area (Å²) in [6.07, 6.45) is -2.65. The van der Waals surface area contributed by atoms with Crippen molar-refractivity contribution in [2.75, 3.05) is 12.4 Å². The van der Waals surface area contributed by atoms with Gasteiger partial charge >= 0.3 is 12.1 Å². The van der Waals surface area contributed by atoms with E-state index in [1.54, 1.807) is 0 Å². The van der Waals surface area contributed by atoms with Crippen LogP contribution in [0.25, 0.3) is 0 Å². The lowest BCUT2D eigenvalue weighted by Gasteiger charge is -2.26. The van der Waals surface area contributed by atoms with Crippen molar-refractivity contribution in [1.82, 2.24) is 0 Å². The smallest absolute Gasteiger partial charge is 0.389 e. The second-order valence-corrected chi connectivity index (χ2v) is 6.20. The number of rotatable bonds is 7. The van der Waals surface area contributed by atoms with Crippen LogP contribution in [-0.2, 0) is 9.63 Å². The predicted octanol–water partition coefficient (Wildman–Crippen LogP) is 3.21. The molecule has 0 radical (unpaired) electrons. The first-order valence-electron chi connectivity index (χ1n) is 6.79. The van der Waals surface area contributed by atoms with Gasteiger partial charge in [0, 0.05) is 5.75 Å². The van der Waals surface area contributed by atoms with Crippen molar-refractivity contribution in [3.63, 3.8) is 0 Å². The van der Waals surface area contributed by atoms with Crippen molar-refractivity contribution < 1.29 is 27.9 Å². The van der Waals surface area contributed by atoms with Crippen molar-refractivity contribution in [2.24, 2.45) is 11.1 Å². The van der Waals surface area contributed by atoms with Crippen molar-refractivity contribution in [1.29, 1.82) is 5.26 Å². The topological polar surface area (TPSA) is 82.7 Å². The SMILES string of the molecule is N#CC(SCCC(F)(F)F)C1CCC(=NOCC(=O)O)CC1. The molecule has 0 saturated heterocycles. The molecule has 124 valence electrons. The largest absolute Gasteiger partial charge is 0.479 e. The average molecular weight is 338 g/mol. The summed E-state index contributed by atoms with van der Waals surface area (Å²) in [5, 5.41) is 20.8. The highest BCUT2D eigenvalue weighted by molar-refractivity contribution is 8.00. The fourth-order valence-corrected chi connectivity index (χ4v) is 3.35. The molecule has 9 heteroatoms. The van der Waals surface area contributed by atoms with E-state index in [2.05, 4.69) is 16.1 Å². The summed E-state index contributed by atoms with van der Waals surface area (Å²) in [7, 11) is 0. The standard InChI is InChI=1S/C13H17F3N2O3S/c14-13(15,16)5-6-22-11(7-17)9-1-3-10(4-2-9)18-21-8-12(19)20/h9,11H,1-6,8H2,(H,19,20). The fourth-order valence-electron chi connectivity index (χ4n) is 2.13. The van der Waals surface area contributed by atoms with Crippen LogP contribution in [-0.4, -0.2) is 40.6 Å². The Kier molecular flexibility index (Phi) is 7.51. The van der Waals surface area contributed by atoms with Crippen LogP contribution in [0, 0.1) is 17.2 Å². The Hall–Kier alpha value is -1.43. The fraction of sp³-hybridized carbons (Fsp3) is 0.769. The molecule has 1 saturated carbocycles. The van der Waals surface area contributed by atoms with E-state index in [-0.39, 0.29) is 11.7 Å². The highest BCUT2D eigenvalue weighted by atomic mass is 32.2. The monoisotopic (exact) mass is 338 g/mol. The van der Waals surface area contributed by atoms with Gasteiger partial charge in [0.25, 0.3) is 0 Å². The number of carbonyl (C=O) groups is 1. The third-order valence-electron chi connectivity index (χ3n) is 3.23. The predicted molar refractivity (Wildman–Crippen MR) is 75.5 cm³/mol. The van der Waals surface area contributed by atoms with E-state index in [1.165, 1.54) is 0 Å². The first kappa shape index (κ1) is 18.6. The van der Waals surface area contributed by atoms with Crippen LogP contribution in [0.3, 0.4) is 0 Å². The molecule has 1 atom stereocenters. The summed E-state index contributed by atoms with van der Waals surface area (Å²) in [4.78, 5) is 14.9. The van der Waals surface area contributed by atoms with Crippen LogP contribution in [0.2, 0.25) is 0 Å². The first-order valence-corrected chi connectivity index (χ1v) is 7.84. The average Bonchev–Trinajstić information content (AvgIpc) is 2.43. The van der Waals surface area contributed by atoms with Gasteiger partial charge in [-0.2, -0.15) is 18.4 Å². The van der Waals surface area contributed by atoms with Crippen molar-refractivity contribution >= 4 is 23.4 Å². The van der Waals surface area contributed by atoms with E-state index in [9.17, 15) is 18.0 Å². The first-order chi connectivity index (χ1) is 10.3. The number of alkyl halides is 3. The van der Waals surface area contributed by atoms with E-state index in [0.29, 0.717) is 25.7 Å². The third-order valence-corrected chi connectivity index (χ3v) is 4.52. The Bertz CT molecular complexity index is 439. The number of aliphatic carboxylic acids is 1. The quantitative estimate of drug-likeness (QED) is 0.721. The number of thioether (sulfide) groups is 1. The second kappa shape index (κ2) is 8.88. The Labute approximate surface area is 130 Å². The Morgan fingerprint density at radius 1 is 1.50 bits per heavy atom. The van der Waals surface area contributed by atoms with Crippen LogP contribution < -0.4 is 0 Å². The number of hydrogen-bond acceptors (Lipinski definition) is 5. The minimum atomic E-state index is -4.19. The number of oxime groups is 1. The maximum absolute atomic E-state index is 12.1. The van der Waals surface area contributed by atoms with E-state index in [1.807, 2.05) is 0 Å². The van der Waals surface area contributed by atoms with Crippen LogP contribution in [0.15, 0.2) is 5.16 Å². The van der Waals surface area contributed by atoms with Gasteiger partial charge in [0.15, 0.2) is 0 Å². The molecule has 0 aliphatic heterocycles. The second-order valence-electron chi connectivity index (χ2n) is 4.95. The van der Waals surface area contributed by atoms with Crippen molar-refractivity contribution in [3.05, 3.63) is 0 Å². The van der Waals surface area contributed by atoms with Gasteiger partial charge in [-0.1, -0.05) is 5.16 Å². The normalized spacial score (nSPS) is 20.1. The maximum atomic E-state index is 12.1. The summed E-state index contributed by atoms with van der Waals surface area (Å²) in [6, 6.07) is 2.08. The van der Waals surface area contributed by atoms with Gasteiger partial charge in [-0.25, -0.2) is 4.79 Å². The summed E-state index contributed by atoms with van der Waals surface area (Å²) < 4.78 is 36.3. The lowest BCUT2D eigenvalue weighted by Crippen LogP contribution is -2.24. The summed E-state index contributed by atoms with van der Waals surface area (Å²) in [5.41, 5.74) is 0.731. The van der Waals surface area contributed by atoms with Crippen LogP contribution in [0.1, 0.15) is 32.1 Å². The zero-order chi connectivity index (χ0) is 16.6. The molecule has 1 rings (SSSR count). The van der Waals surface area contributed by atoms with Gasteiger partial charge in [0.05, 0.1) is 23.5 Å². The van der Waals surface area contributed by atoms with Gasteiger partial charge < -0.3 is 9.94 Å². The molecule has 0 aromatic heterocycles. The lowest BCUT2D eigenvalue weighted by molar-refractivity contribution is -0.142. The van der Waals surface area contributed by atoms with Crippen LogP contribution in [0.4, 0.5) is 13.2 Å². The minimum Gasteiger partial charge on any atom is -0.479 e. The van der Waals surface area contributed by atoms with Crippen LogP contribution >= 0.6 is 11.8 Å². The molecule has 1 N–H and O–H groups in total. The van der Waals surface area contributed by atoms with E-state index in [4.69, 9.17) is 10.4 Å². The molecule has 0 amide bonds. The Morgan fingerprint density at radius 2 is 2.14 bits per heavy atom. The molecule has 0 heterocycles. The number of nitrogens with zero attached hydrogens (tertiary/aromatic N) is 2. The van der Waals surface area contributed by atoms with E-state index < -0.39 is 30.4 Å². The van der Waals surface area contributed by atoms with Crippen molar-refractivity contribution in [2.45, 2.75) is 43.5 Å². The van der Waals surface area contributed by atoms with Gasteiger partial charge in [-0.3, -0.25) is 0 Å². The van der Waals surface area contributed by atoms with Crippen LogP contribution in [0.5, 0.6) is 0 Å². The molecule has 0 bridgehead atoms. The highest BCUT2D eigenvalue weighted by Gasteiger charge is 2.30. The van der Waals surface area contributed by atoms with Gasteiger partial charge in [0.2, 0.25) is 6.61 Å². The number of carboxylic acid groups (broad SMARTS) is 1. The molecular formula is C13H17F3N2O3S. The van der Waals surface area contributed by atoms with Gasteiger partial charge in [-0.05, 0) is 31.6 Å². The maximum Gasteiger partial charge on any atom is 0.389 e. The van der Waals surface area contributed by atoms with E-state index in [0.717, 1.165) is 17.5 Å². The number of carboxylic acids is 1.